The molecule has 2 amide bonds. The van der Waals surface area contributed by atoms with Crippen LogP contribution in [0.2, 0.25) is 0 Å². The second-order valence-electron chi connectivity index (χ2n) is 9.58. The van der Waals surface area contributed by atoms with Crippen molar-refractivity contribution in [2.24, 2.45) is 11.5 Å². The van der Waals surface area contributed by atoms with Crippen LogP contribution in [-0.2, 0) is 0 Å². The average Bonchev–Trinajstić information content (AvgIpc) is 3.53. The minimum absolute atomic E-state index is 0.117. The number of pyridine rings is 2. The highest BCUT2D eigenvalue weighted by Crippen LogP contribution is 2.19. The topological polar surface area (TPSA) is 157 Å². The lowest BCUT2D eigenvalue weighted by atomic mass is 10.2. The van der Waals surface area contributed by atoms with Gasteiger partial charge in [-0.1, -0.05) is 12.0 Å². The number of nitrogens with two attached hydrogens (primary N) is 2. The van der Waals surface area contributed by atoms with E-state index in [-0.39, 0.29) is 11.6 Å². The van der Waals surface area contributed by atoms with Gasteiger partial charge < -0.3 is 16.2 Å². The van der Waals surface area contributed by atoms with Gasteiger partial charge in [0.15, 0.2) is 0 Å². The number of methoxy groups -OCH3 is 1. The first-order valence-electron chi connectivity index (χ1n) is 13.3. The van der Waals surface area contributed by atoms with Crippen molar-refractivity contribution in [1.29, 1.82) is 0 Å². The molecule has 0 saturated carbocycles. The Morgan fingerprint density at radius 2 is 1.30 bits per heavy atom. The summed E-state index contributed by atoms with van der Waals surface area (Å²) in [4.78, 5) is 40.1. The molecule has 0 spiro atoms. The number of ether oxygens (including phenoxy) is 1. The molecule has 11 heteroatoms. The maximum Gasteiger partial charge on any atom is 0.285 e. The number of carbonyl (C=O) groups is 2. The van der Waals surface area contributed by atoms with Crippen molar-refractivity contribution < 1.29 is 14.3 Å². The fourth-order valence-corrected chi connectivity index (χ4v) is 4.24. The zero-order valence-electron chi connectivity index (χ0n) is 24.9. The number of benzene rings is 1. The van der Waals surface area contributed by atoms with Crippen LogP contribution >= 0.6 is 0 Å². The zero-order chi connectivity index (χ0) is 32.0. The van der Waals surface area contributed by atoms with Crippen LogP contribution in [0.5, 0.6) is 5.75 Å². The third kappa shape index (κ3) is 6.64. The first-order chi connectivity index (χ1) is 21.0. The minimum atomic E-state index is -0.625. The number of imidazole rings is 2. The number of terminal acetylenes is 1. The number of amides is 2. The molecule has 4 heterocycles. The van der Waals surface area contributed by atoms with E-state index in [0.29, 0.717) is 28.5 Å². The molecule has 4 N–H and O–H groups in total. The predicted molar refractivity (Wildman–Crippen MR) is 166 cm³/mol. The molecule has 5 rings (SSSR count). The molecule has 11 nitrogen and oxygen atoms in total. The van der Waals surface area contributed by atoms with E-state index in [1.807, 2.05) is 69.3 Å². The highest BCUT2D eigenvalue weighted by molar-refractivity contribution is 5.91. The third-order valence-electron chi connectivity index (χ3n) is 6.50. The average molecular weight is 587 g/mol. The van der Waals surface area contributed by atoms with Crippen LogP contribution in [0.25, 0.3) is 11.4 Å². The van der Waals surface area contributed by atoms with E-state index in [1.54, 1.807) is 35.6 Å². The van der Waals surface area contributed by atoms with Gasteiger partial charge in [0.05, 0.1) is 42.3 Å². The number of aryl methyl sites for hydroxylation is 2. The summed E-state index contributed by atoms with van der Waals surface area (Å²) in [7, 11) is 1.60. The molecule has 220 valence electrons. The SMILES string of the molecule is C#Cc1nc(C(N)=O)n(-c2ccc(C)nc2)c1C.COc1cccc(C#Cc2nc(C(N)=O)n(-c3ccc(C)nc3)c2C)c1. The first kappa shape index (κ1) is 30.8. The highest BCUT2D eigenvalue weighted by atomic mass is 16.5. The van der Waals surface area contributed by atoms with Crippen LogP contribution < -0.4 is 16.2 Å². The van der Waals surface area contributed by atoms with Gasteiger partial charge in [0.25, 0.3) is 11.8 Å². The van der Waals surface area contributed by atoms with Crippen molar-refractivity contribution in [3.8, 4) is 41.3 Å². The van der Waals surface area contributed by atoms with Crippen LogP contribution in [0, 0.1) is 51.9 Å². The monoisotopic (exact) mass is 586 g/mol. The summed E-state index contributed by atoms with van der Waals surface area (Å²) in [6.07, 6.45) is 8.67. The number of nitrogens with zero attached hydrogens (tertiary/aromatic N) is 6. The minimum Gasteiger partial charge on any atom is -0.497 e. The van der Waals surface area contributed by atoms with Crippen LogP contribution in [-0.4, -0.2) is 48.0 Å². The van der Waals surface area contributed by atoms with Gasteiger partial charge in [-0.05, 0) is 82.0 Å². The molecule has 0 radical (unpaired) electrons. The van der Waals surface area contributed by atoms with Crippen molar-refractivity contribution in [3.63, 3.8) is 0 Å². The molecule has 0 saturated heterocycles. The predicted octanol–water partition coefficient (Wildman–Crippen LogP) is 3.36. The summed E-state index contributed by atoms with van der Waals surface area (Å²) in [5.74, 6) is 8.21. The van der Waals surface area contributed by atoms with E-state index in [4.69, 9.17) is 22.6 Å². The summed E-state index contributed by atoms with van der Waals surface area (Å²) in [6, 6.07) is 14.8. The fourth-order valence-electron chi connectivity index (χ4n) is 4.24. The summed E-state index contributed by atoms with van der Waals surface area (Å²) >= 11 is 0. The number of rotatable bonds is 5. The number of hydrogen-bond acceptors (Lipinski definition) is 7. The molecule has 0 aliphatic heterocycles. The van der Waals surface area contributed by atoms with Gasteiger partial charge in [0.2, 0.25) is 11.6 Å². The lowest BCUT2D eigenvalue weighted by molar-refractivity contribution is 0.0980. The zero-order valence-corrected chi connectivity index (χ0v) is 24.9. The Kier molecular flexibility index (Phi) is 9.22. The Morgan fingerprint density at radius 1 is 0.773 bits per heavy atom. The van der Waals surface area contributed by atoms with Crippen molar-refractivity contribution in [3.05, 3.63) is 112 Å². The van der Waals surface area contributed by atoms with Crippen LogP contribution in [0.4, 0.5) is 0 Å². The molecule has 44 heavy (non-hydrogen) atoms. The van der Waals surface area contributed by atoms with Gasteiger partial charge in [-0.3, -0.25) is 28.7 Å². The van der Waals surface area contributed by atoms with Gasteiger partial charge in [-0.2, -0.15) is 0 Å². The largest absolute Gasteiger partial charge is 0.497 e. The maximum atomic E-state index is 11.8. The van der Waals surface area contributed by atoms with Gasteiger partial charge in [-0.15, -0.1) is 6.42 Å². The van der Waals surface area contributed by atoms with Gasteiger partial charge in [0, 0.05) is 17.0 Å². The Balaban J connectivity index is 0.000000215. The molecule has 5 aromatic rings. The lowest BCUT2D eigenvalue weighted by Crippen LogP contribution is -2.18. The normalized spacial score (nSPS) is 10.1. The summed E-state index contributed by atoms with van der Waals surface area (Å²) in [5.41, 5.74) is 17.1. The standard InChI is InChI=1S/C20H18N4O2.C13H12N4O/c1-13-7-9-16(12-22-13)24-14(2)18(23-20(24)19(21)25)10-8-15-5-4-6-17(11-15)26-3;1-4-11-9(3)17(13(16-11)12(14)18)10-6-5-8(2)15-7-10/h4-7,9,11-12H,1-3H3,(H2,21,25);1,5-7H,2-3H3,(H2,14,18). The van der Waals surface area contributed by atoms with Crippen LogP contribution in [0.3, 0.4) is 0 Å². The summed E-state index contributed by atoms with van der Waals surface area (Å²) < 4.78 is 8.48. The van der Waals surface area contributed by atoms with Crippen LogP contribution in [0.15, 0.2) is 60.9 Å². The molecule has 0 unspecified atom stereocenters. The van der Waals surface area contributed by atoms with Crippen molar-refractivity contribution in [2.45, 2.75) is 27.7 Å². The molecule has 0 aliphatic rings. The second-order valence-corrected chi connectivity index (χ2v) is 9.58. The summed E-state index contributed by atoms with van der Waals surface area (Å²) in [5, 5.41) is 0. The highest BCUT2D eigenvalue weighted by Gasteiger charge is 2.19. The van der Waals surface area contributed by atoms with Crippen molar-refractivity contribution in [2.75, 3.05) is 7.11 Å². The number of primary amides is 2. The first-order valence-corrected chi connectivity index (χ1v) is 13.3. The van der Waals surface area contributed by atoms with E-state index in [0.717, 1.165) is 28.4 Å². The molecule has 0 fully saturated rings. The molecule has 0 atom stereocenters. The van der Waals surface area contributed by atoms with Gasteiger partial charge in [0.1, 0.15) is 17.1 Å². The number of aromatic nitrogens is 6. The van der Waals surface area contributed by atoms with E-state index in [2.05, 4.69) is 37.7 Å². The Morgan fingerprint density at radius 3 is 1.75 bits per heavy atom. The molecular weight excluding hydrogens is 556 g/mol. The van der Waals surface area contributed by atoms with E-state index >= 15 is 0 Å². The molecule has 4 aromatic heterocycles. The molecule has 0 bridgehead atoms. The van der Waals surface area contributed by atoms with E-state index in [9.17, 15) is 9.59 Å². The Labute approximate surface area is 255 Å². The maximum absolute atomic E-state index is 11.8. The number of hydrogen-bond donors (Lipinski definition) is 2. The van der Waals surface area contributed by atoms with Gasteiger partial charge in [-0.25, -0.2) is 9.97 Å². The van der Waals surface area contributed by atoms with E-state index in [1.165, 1.54) is 0 Å². The Bertz CT molecular complexity index is 1950. The fraction of sp³-hybridized carbons (Fsp3) is 0.152. The lowest BCUT2D eigenvalue weighted by Gasteiger charge is -2.07. The quantitative estimate of drug-likeness (QED) is 0.299. The third-order valence-corrected chi connectivity index (χ3v) is 6.50. The molecule has 1 aromatic carbocycles. The van der Waals surface area contributed by atoms with Gasteiger partial charge >= 0.3 is 0 Å². The number of carbonyl (C=O) groups excluding carboxylic acids is 2. The van der Waals surface area contributed by atoms with Crippen LogP contribution in [0.1, 0.15) is 61.0 Å². The smallest absolute Gasteiger partial charge is 0.285 e. The van der Waals surface area contributed by atoms with E-state index < -0.39 is 11.8 Å². The van der Waals surface area contributed by atoms with Crippen molar-refractivity contribution in [1.82, 2.24) is 29.1 Å². The van der Waals surface area contributed by atoms with Crippen molar-refractivity contribution >= 4 is 11.8 Å². The summed E-state index contributed by atoms with van der Waals surface area (Å²) in [6.45, 7) is 7.40. The molecular formula is C33H30N8O3. The Hall–Kier alpha value is -6.20. The second kappa shape index (κ2) is 13.2. The molecule has 0 aliphatic carbocycles.